The van der Waals surface area contributed by atoms with E-state index in [0.29, 0.717) is 57.8 Å². The zero-order valence-electron chi connectivity index (χ0n) is 21.7. The van der Waals surface area contributed by atoms with Gasteiger partial charge in [-0.25, -0.2) is 4.98 Å². The van der Waals surface area contributed by atoms with Crippen molar-refractivity contribution in [3.8, 4) is 0 Å². The van der Waals surface area contributed by atoms with Gasteiger partial charge in [-0.2, -0.15) is 14.6 Å². The third-order valence-corrected chi connectivity index (χ3v) is 8.88. The smallest absolute Gasteiger partial charge is 0.313 e. The molecule has 5 rings (SSSR count). The molecule has 0 N–H and O–H groups in total. The maximum Gasteiger partial charge on any atom is 0.313 e. The van der Waals surface area contributed by atoms with Crippen LogP contribution in [-0.4, -0.2) is 80.7 Å². The molecule has 3 aliphatic rings. The van der Waals surface area contributed by atoms with E-state index < -0.39 is 16.4 Å². The molecule has 2 saturated heterocycles. The lowest BCUT2D eigenvalue weighted by Gasteiger charge is -2.42. The summed E-state index contributed by atoms with van der Waals surface area (Å²) in [5.74, 6) is 0.711. The zero-order chi connectivity index (χ0) is 25.9. The Morgan fingerprint density at radius 1 is 1.14 bits per heavy atom. The molecule has 194 valence electrons. The van der Waals surface area contributed by atoms with Crippen LogP contribution in [0.15, 0.2) is 6.33 Å². The zero-order valence-corrected chi connectivity index (χ0v) is 21.7. The van der Waals surface area contributed by atoms with E-state index in [-0.39, 0.29) is 24.3 Å². The molecule has 1 unspecified atom stereocenters. The number of carbonyl (C=O) groups excluding carboxylic acids is 3. The summed E-state index contributed by atoms with van der Waals surface area (Å²) in [7, 11) is 0. The quantitative estimate of drug-likeness (QED) is 0.548. The fourth-order valence-corrected chi connectivity index (χ4v) is 6.14. The minimum absolute atomic E-state index is 0.0962. The lowest BCUT2D eigenvalue weighted by molar-refractivity contribution is -0.174. The maximum atomic E-state index is 13.8. The number of ether oxygens (including phenoxy) is 2. The van der Waals surface area contributed by atoms with Crippen LogP contribution < -0.4 is 4.90 Å². The Hall–Kier alpha value is -3.24. The fourth-order valence-electron chi connectivity index (χ4n) is 6.14. The molecule has 1 amide bonds. The highest BCUT2D eigenvalue weighted by atomic mass is 16.6. The number of amides is 1. The van der Waals surface area contributed by atoms with E-state index in [1.165, 1.54) is 6.33 Å². The normalized spacial score (nSPS) is 27.0. The lowest BCUT2D eigenvalue weighted by Crippen LogP contribution is -2.59. The van der Waals surface area contributed by atoms with E-state index in [1.54, 1.807) is 11.4 Å². The number of esters is 2. The minimum Gasteiger partial charge on any atom is -0.466 e. The molecule has 2 aliphatic heterocycles. The number of carbonyl (C=O) groups is 3. The molecule has 2 aromatic heterocycles. The van der Waals surface area contributed by atoms with Crippen molar-refractivity contribution in [2.45, 2.75) is 65.9 Å². The van der Waals surface area contributed by atoms with Gasteiger partial charge in [-0.15, -0.1) is 0 Å². The van der Waals surface area contributed by atoms with Gasteiger partial charge in [-0.3, -0.25) is 14.4 Å². The number of rotatable bonds is 6. The van der Waals surface area contributed by atoms with Crippen LogP contribution in [0.3, 0.4) is 0 Å². The van der Waals surface area contributed by atoms with E-state index >= 15 is 0 Å². The Labute approximate surface area is 210 Å². The summed E-state index contributed by atoms with van der Waals surface area (Å²) in [5, 5.41) is 4.39. The van der Waals surface area contributed by atoms with Crippen molar-refractivity contribution >= 4 is 29.4 Å². The maximum absolute atomic E-state index is 13.8. The summed E-state index contributed by atoms with van der Waals surface area (Å²) in [6.07, 6.45) is 3.39. The standard InChI is InChI=1S/C25H34N6O5/c1-6-35-18(32)8-7-17-16(2)28-22-26-15-27-31(22)19(17)29-11-13-30(14-12-29)20(33)25-10-9-24(5,21(34)36-25)23(25,3)4/h15H,6-14H2,1-5H3/t24-,25?/m0/s1. The summed E-state index contributed by atoms with van der Waals surface area (Å²) in [4.78, 5) is 51.3. The highest BCUT2D eigenvalue weighted by Gasteiger charge is 2.76. The van der Waals surface area contributed by atoms with Crippen LogP contribution in [0.4, 0.5) is 5.82 Å². The molecule has 11 nitrogen and oxygen atoms in total. The van der Waals surface area contributed by atoms with Crippen molar-refractivity contribution in [3.63, 3.8) is 0 Å². The average molecular weight is 499 g/mol. The van der Waals surface area contributed by atoms with Gasteiger partial charge in [-0.05, 0) is 40.0 Å². The van der Waals surface area contributed by atoms with Gasteiger partial charge in [0.15, 0.2) is 5.60 Å². The number of anilines is 1. The number of hydrogen-bond acceptors (Lipinski definition) is 9. The molecule has 3 fully saturated rings. The molecule has 2 aromatic rings. The Kier molecular flexibility index (Phi) is 5.72. The Morgan fingerprint density at radius 3 is 2.47 bits per heavy atom. The average Bonchev–Trinajstić information content (AvgIpc) is 3.43. The van der Waals surface area contributed by atoms with Gasteiger partial charge in [0, 0.05) is 49.3 Å². The summed E-state index contributed by atoms with van der Waals surface area (Å²) < 4.78 is 12.7. The van der Waals surface area contributed by atoms with Crippen molar-refractivity contribution in [2.24, 2.45) is 10.8 Å². The van der Waals surface area contributed by atoms with Crippen LogP contribution >= 0.6 is 0 Å². The summed E-state index contributed by atoms with van der Waals surface area (Å²) in [6.45, 7) is 12.0. The first-order valence-corrected chi connectivity index (χ1v) is 12.7. The minimum atomic E-state index is -1.10. The summed E-state index contributed by atoms with van der Waals surface area (Å²) >= 11 is 0. The first kappa shape index (κ1) is 24.5. The molecule has 4 heterocycles. The Bertz CT molecular complexity index is 1230. The first-order valence-electron chi connectivity index (χ1n) is 12.7. The highest BCUT2D eigenvalue weighted by molar-refractivity contribution is 5.96. The molecule has 36 heavy (non-hydrogen) atoms. The molecular formula is C25H34N6O5. The molecule has 11 heteroatoms. The molecule has 2 atom stereocenters. The third kappa shape index (κ3) is 3.31. The molecule has 0 spiro atoms. The summed E-state index contributed by atoms with van der Waals surface area (Å²) in [6, 6.07) is 0. The number of hydrogen-bond donors (Lipinski definition) is 0. The van der Waals surface area contributed by atoms with Crippen molar-refractivity contribution in [2.75, 3.05) is 37.7 Å². The topological polar surface area (TPSA) is 119 Å². The molecular weight excluding hydrogens is 464 g/mol. The Balaban J connectivity index is 1.38. The van der Waals surface area contributed by atoms with Gasteiger partial charge in [-0.1, -0.05) is 13.8 Å². The van der Waals surface area contributed by atoms with E-state index in [4.69, 9.17) is 9.47 Å². The van der Waals surface area contributed by atoms with Gasteiger partial charge in [0.1, 0.15) is 12.1 Å². The van der Waals surface area contributed by atoms with Crippen molar-refractivity contribution in [3.05, 3.63) is 17.6 Å². The van der Waals surface area contributed by atoms with Crippen LogP contribution in [0, 0.1) is 17.8 Å². The number of fused-ring (bicyclic) bond motifs is 3. The van der Waals surface area contributed by atoms with Crippen LogP contribution in [-0.2, 0) is 30.3 Å². The Morgan fingerprint density at radius 2 is 1.86 bits per heavy atom. The second kappa shape index (κ2) is 8.41. The van der Waals surface area contributed by atoms with E-state index in [1.807, 2.05) is 32.6 Å². The van der Waals surface area contributed by atoms with Crippen LogP contribution in [0.25, 0.3) is 5.78 Å². The SMILES string of the molecule is CCOC(=O)CCc1c(C)nc2ncnn2c1N1CCN(C(=O)C23CC[C@@](C)(C(=O)O2)C3(C)C)CC1. The number of aryl methyl sites for hydroxylation is 1. The van der Waals surface area contributed by atoms with E-state index in [9.17, 15) is 14.4 Å². The first-order chi connectivity index (χ1) is 17.1. The van der Waals surface area contributed by atoms with Crippen molar-refractivity contribution in [1.29, 1.82) is 0 Å². The summed E-state index contributed by atoms with van der Waals surface area (Å²) in [5.41, 5.74) is -0.598. The second-order valence-electron chi connectivity index (χ2n) is 10.7. The van der Waals surface area contributed by atoms with Gasteiger partial charge in [0.25, 0.3) is 11.7 Å². The molecule has 0 radical (unpaired) electrons. The van der Waals surface area contributed by atoms with Crippen LogP contribution in [0.5, 0.6) is 0 Å². The van der Waals surface area contributed by atoms with E-state index in [0.717, 1.165) is 17.1 Å². The number of aromatic nitrogens is 4. The second-order valence-corrected chi connectivity index (χ2v) is 10.7. The highest BCUT2D eigenvalue weighted by Crippen LogP contribution is 2.66. The predicted octanol–water partition coefficient (Wildman–Crippen LogP) is 1.70. The third-order valence-electron chi connectivity index (χ3n) is 8.88. The molecule has 1 aliphatic carbocycles. The van der Waals surface area contributed by atoms with Crippen LogP contribution in [0.2, 0.25) is 0 Å². The van der Waals surface area contributed by atoms with Gasteiger partial charge in [0.2, 0.25) is 0 Å². The fraction of sp³-hybridized carbons (Fsp3) is 0.680. The predicted molar refractivity (Wildman–Crippen MR) is 129 cm³/mol. The monoisotopic (exact) mass is 498 g/mol. The van der Waals surface area contributed by atoms with Crippen LogP contribution in [0.1, 0.15) is 58.2 Å². The molecule has 0 aromatic carbocycles. The number of piperazine rings is 1. The number of nitrogens with zero attached hydrogens (tertiary/aromatic N) is 6. The van der Waals surface area contributed by atoms with Gasteiger partial charge >= 0.3 is 11.9 Å². The van der Waals surface area contributed by atoms with Crippen molar-refractivity contribution in [1.82, 2.24) is 24.5 Å². The largest absolute Gasteiger partial charge is 0.466 e. The molecule has 1 saturated carbocycles. The van der Waals surface area contributed by atoms with Gasteiger partial charge in [0.05, 0.1) is 12.0 Å². The molecule has 2 bridgehead atoms. The lowest BCUT2D eigenvalue weighted by atomic mass is 9.66. The van der Waals surface area contributed by atoms with E-state index in [2.05, 4.69) is 20.0 Å². The van der Waals surface area contributed by atoms with Gasteiger partial charge < -0.3 is 19.3 Å². The van der Waals surface area contributed by atoms with Crippen molar-refractivity contribution < 1.29 is 23.9 Å².